The van der Waals surface area contributed by atoms with E-state index in [-0.39, 0.29) is 21.0 Å². The Hall–Kier alpha value is -5.13. The number of benzene rings is 6. The van der Waals surface area contributed by atoms with Crippen molar-refractivity contribution in [3.05, 3.63) is 173 Å². The molecule has 1 aliphatic rings. The third-order valence-electron chi connectivity index (χ3n) is 10.0. The monoisotopic (exact) mass is 708 g/mol. The highest BCUT2D eigenvalue weighted by molar-refractivity contribution is 7.91. The average molecular weight is 709 g/mol. The van der Waals surface area contributed by atoms with Crippen molar-refractivity contribution < 1.29 is 18.3 Å². The van der Waals surface area contributed by atoms with E-state index in [0.29, 0.717) is 11.5 Å². The summed E-state index contributed by atoms with van der Waals surface area (Å²) in [6.45, 7) is 10.8. The third kappa shape index (κ3) is 6.90. The van der Waals surface area contributed by atoms with Gasteiger partial charge in [0.15, 0.2) is 0 Å². The fourth-order valence-corrected chi connectivity index (χ4v) is 8.58. The number of unbranched alkanes of at least 4 members (excludes halogenated alkanes) is 1. The number of ether oxygens (including phenoxy) is 1. The Bertz CT molecular complexity index is 2170. The van der Waals surface area contributed by atoms with Gasteiger partial charge in [0.1, 0.15) is 17.2 Å². The molecule has 0 aliphatic heterocycles. The number of rotatable bonds is 10. The lowest BCUT2D eigenvalue weighted by Gasteiger charge is -2.34. The number of phenols is 1. The van der Waals surface area contributed by atoms with Crippen LogP contribution in [-0.4, -0.2) is 13.5 Å². The summed E-state index contributed by atoms with van der Waals surface area (Å²) < 4.78 is 33.2. The van der Waals surface area contributed by atoms with Crippen LogP contribution in [0.5, 0.6) is 17.2 Å². The van der Waals surface area contributed by atoms with Crippen LogP contribution in [-0.2, 0) is 20.7 Å². The van der Waals surface area contributed by atoms with Crippen LogP contribution in [0.15, 0.2) is 155 Å². The predicted molar refractivity (Wildman–Crippen MR) is 212 cm³/mol. The molecule has 0 unspecified atom stereocenters. The van der Waals surface area contributed by atoms with Crippen LogP contribution in [0.3, 0.4) is 0 Å². The third-order valence-corrected chi connectivity index (χ3v) is 11.8. The summed E-state index contributed by atoms with van der Waals surface area (Å²) in [5.41, 5.74) is 7.43. The molecule has 7 rings (SSSR count). The maximum Gasteiger partial charge on any atom is 0.206 e. The van der Waals surface area contributed by atoms with Crippen molar-refractivity contribution in [1.29, 1.82) is 0 Å². The summed E-state index contributed by atoms with van der Waals surface area (Å²) >= 11 is 0. The van der Waals surface area contributed by atoms with Gasteiger partial charge in [0, 0.05) is 0 Å². The Morgan fingerprint density at radius 2 is 1.02 bits per heavy atom. The van der Waals surface area contributed by atoms with Gasteiger partial charge in [0.2, 0.25) is 9.84 Å². The summed E-state index contributed by atoms with van der Waals surface area (Å²) in [5.74, 6) is 1.41. The Balaban J connectivity index is 0.00000150. The minimum atomic E-state index is -3.68. The van der Waals surface area contributed by atoms with E-state index < -0.39 is 15.3 Å². The average Bonchev–Trinajstić information content (AvgIpc) is 3.46. The molecule has 6 aromatic carbocycles. The second kappa shape index (κ2) is 15.2. The molecule has 6 aromatic rings. The predicted octanol–water partition coefficient (Wildman–Crippen LogP) is 12.3. The Labute approximate surface area is 309 Å². The largest absolute Gasteiger partial charge is 0.508 e. The summed E-state index contributed by atoms with van der Waals surface area (Å²) in [6.07, 6.45) is 4.57. The minimum Gasteiger partial charge on any atom is -0.508 e. The second-order valence-electron chi connectivity index (χ2n) is 14.2. The zero-order valence-electron chi connectivity index (χ0n) is 30.8. The molecule has 0 aromatic heterocycles. The standard InChI is InChI=1S/C44H40O4S.C3H8/c1-4-5-30-43(2,3)31-18-26-37(27-19-31)49(46,47)38-28-24-36(25-29-38)48-35-22-16-33(17-23-35)44(32-14-20-34(45)21-15-32)41-12-8-6-10-39(41)40-11-7-9-13-42(40)44;1-3-2/h6-29,45H,4-5,30H2,1-3H3;3H2,1-2H3. The molecule has 1 aliphatic carbocycles. The van der Waals surface area contributed by atoms with Crippen molar-refractivity contribution in [1.82, 2.24) is 0 Å². The van der Waals surface area contributed by atoms with Crippen LogP contribution in [0, 0.1) is 0 Å². The lowest BCUT2D eigenvalue weighted by Crippen LogP contribution is -2.28. The zero-order valence-corrected chi connectivity index (χ0v) is 31.6. The molecular formula is C47H48O4S. The Morgan fingerprint density at radius 3 is 1.50 bits per heavy atom. The molecule has 266 valence electrons. The van der Waals surface area contributed by atoms with E-state index in [9.17, 15) is 13.5 Å². The summed E-state index contributed by atoms with van der Waals surface area (Å²) in [5, 5.41) is 10.2. The molecule has 0 fully saturated rings. The normalized spacial score (nSPS) is 13.0. The van der Waals surface area contributed by atoms with E-state index in [1.165, 1.54) is 28.7 Å². The van der Waals surface area contributed by atoms with Gasteiger partial charge in [-0.3, -0.25) is 0 Å². The van der Waals surface area contributed by atoms with Crippen molar-refractivity contribution in [2.24, 2.45) is 0 Å². The summed E-state index contributed by atoms with van der Waals surface area (Å²) in [4.78, 5) is 0.506. The van der Waals surface area contributed by atoms with Crippen LogP contribution < -0.4 is 4.74 Å². The SMILES string of the molecule is CCC.CCCCC(C)(C)c1ccc(S(=O)(=O)c2ccc(Oc3ccc(C4(c5ccc(O)cc5)c5ccccc5-c5ccccc54)cc3)cc2)cc1. The summed E-state index contributed by atoms with van der Waals surface area (Å²) in [6, 6.07) is 46.5. The van der Waals surface area contributed by atoms with Gasteiger partial charge in [0.25, 0.3) is 0 Å². The van der Waals surface area contributed by atoms with E-state index in [1.54, 1.807) is 48.5 Å². The second-order valence-corrected chi connectivity index (χ2v) is 16.2. The van der Waals surface area contributed by atoms with Crippen LogP contribution in [0.2, 0.25) is 0 Å². The molecule has 52 heavy (non-hydrogen) atoms. The Morgan fingerprint density at radius 1 is 0.596 bits per heavy atom. The first kappa shape index (κ1) is 36.7. The van der Waals surface area contributed by atoms with Crippen LogP contribution in [0.25, 0.3) is 11.1 Å². The van der Waals surface area contributed by atoms with E-state index in [4.69, 9.17) is 4.74 Å². The highest BCUT2D eigenvalue weighted by Gasteiger charge is 2.45. The topological polar surface area (TPSA) is 63.6 Å². The number of phenolic OH excluding ortho intramolecular Hbond substituents is 1. The van der Waals surface area contributed by atoms with Gasteiger partial charge >= 0.3 is 0 Å². The number of hydrogen-bond acceptors (Lipinski definition) is 4. The molecule has 0 radical (unpaired) electrons. The first-order valence-corrected chi connectivity index (χ1v) is 19.8. The number of fused-ring (bicyclic) bond motifs is 3. The Kier molecular flexibility index (Phi) is 10.7. The molecule has 0 heterocycles. The van der Waals surface area contributed by atoms with Crippen molar-refractivity contribution in [2.75, 3.05) is 0 Å². The van der Waals surface area contributed by atoms with E-state index in [1.807, 2.05) is 36.4 Å². The zero-order chi connectivity index (χ0) is 36.9. The van der Waals surface area contributed by atoms with Crippen molar-refractivity contribution in [3.63, 3.8) is 0 Å². The molecular weight excluding hydrogens is 661 g/mol. The fourth-order valence-electron chi connectivity index (χ4n) is 7.32. The first-order valence-electron chi connectivity index (χ1n) is 18.3. The van der Waals surface area contributed by atoms with Gasteiger partial charge in [-0.1, -0.05) is 139 Å². The van der Waals surface area contributed by atoms with Gasteiger partial charge in [-0.2, -0.15) is 0 Å². The van der Waals surface area contributed by atoms with Gasteiger partial charge < -0.3 is 9.84 Å². The number of aromatic hydroxyl groups is 1. The molecule has 0 saturated carbocycles. The minimum absolute atomic E-state index is 0.00627. The molecule has 4 nitrogen and oxygen atoms in total. The lowest BCUT2D eigenvalue weighted by molar-refractivity contribution is 0.457. The van der Waals surface area contributed by atoms with E-state index in [0.717, 1.165) is 36.0 Å². The van der Waals surface area contributed by atoms with Crippen molar-refractivity contribution >= 4 is 9.84 Å². The van der Waals surface area contributed by atoms with E-state index in [2.05, 4.69) is 95.3 Å². The van der Waals surface area contributed by atoms with Crippen LogP contribution in [0.1, 0.15) is 88.1 Å². The molecule has 0 saturated heterocycles. The molecule has 0 spiro atoms. The fraction of sp³-hybridized carbons (Fsp3) is 0.234. The molecule has 0 atom stereocenters. The number of hydrogen-bond donors (Lipinski definition) is 1. The maximum atomic E-state index is 13.5. The molecule has 5 heteroatoms. The van der Waals surface area contributed by atoms with Crippen molar-refractivity contribution in [3.8, 4) is 28.4 Å². The summed E-state index contributed by atoms with van der Waals surface area (Å²) in [7, 11) is -3.68. The quantitative estimate of drug-likeness (QED) is 0.154. The van der Waals surface area contributed by atoms with Crippen LogP contribution in [0.4, 0.5) is 0 Å². The highest BCUT2D eigenvalue weighted by Crippen LogP contribution is 2.56. The van der Waals surface area contributed by atoms with Gasteiger partial charge in [-0.15, -0.1) is 0 Å². The van der Waals surface area contributed by atoms with Crippen molar-refractivity contribution in [2.45, 2.75) is 80.9 Å². The molecule has 0 amide bonds. The molecule has 1 N–H and O–H groups in total. The lowest BCUT2D eigenvalue weighted by atomic mass is 9.68. The van der Waals surface area contributed by atoms with Crippen LogP contribution >= 0.6 is 0 Å². The van der Waals surface area contributed by atoms with Gasteiger partial charge in [-0.25, -0.2) is 8.42 Å². The first-order chi connectivity index (χ1) is 25.1. The number of sulfone groups is 1. The highest BCUT2D eigenvalue weighted by atomic mass is 32.2. The molecule has 0 bridgehead atoms. The van der Waals surface area contributed by atoms with E-state index >= 15 is 0 Å². The van der Waals surface area contributed by atoms with Gasteiger partial charge in [-0.05, 0) is 111 Å². The van der Waals surface area contributed by atoms with Gasteiger partial charge in [0.05, 0.1) is 15.2 Å². The smallest absolute Gasteiger partial charge is 0.206 e. The maximum absolute atomic E-state index is 13.5.